The van der Waals surface area contributed by atoms with Crippen LogP contribution in [0.25, 0.3) is 0 Å². The van der Waals surface area contributed by atoms with Gasteiger partial charge in [0.05, 0.1) is 6.10 Å². The maximum Gasteiger partial charge on any atom is 0.0944 e. The minimum absolute atomic E-state index is 0.151. The normalized spacial score (nSPS) is 25.7. The highest BCUT2D eigenvalue weighted by molar-refractivity contribution is 6.30. The van der Waals surface area contributed by atoms with E-state index in [-0.39, 0.29) is 11.6 Å². The van der Waals surface area contributed by atoms with Gasteiger partial charge in [0, 0.05) is 16.6 Å². The van der Waals surface area contributed by atoms with Crippen molar-refractivity contribution < 1.29 is 5.11 Å². The lowest BCUT2D eigenvalue weighted by Gasteiger charge is -2.46. The molecule has 0 aromatic heterocycles. The number of aliphatic hydroxyl groups is 1. The lowest BCUT2D eigenvalue weighted by molar-refractivity contribution is 0.0390. The van der Waals surface area contributed by atoms with Crippen LogP contribution in [0.4, 0.5) is 0 Å². The average molecular weight is 226 g/mol. The number of aliphatic hydroxyl groups excluding tert-OH is 1. The summed E-state index contributed by atoms with van der Waals surface area (Å²) in [5.41, 5.74) is 1.04. The van der Waals surface area contributed by atoms with Crippen molar-refractivity contribution in [3.8, 4) is 0 Å². The van der Waals surface area contributed by atoms with Crippen molar-refractivity contribution in [2.75, 3.05) is 0 Å². The second-order valence-electron chi connectivity index (χ2n) is 4.84. The van der Waals surface area contributed by atoms with Gasteiger partial charge in [0.1, 0.15) is 0 Å². The van der Waals surface area contributed by atoms with Crippen molar-refractivity contribution in [2.24, 2.45) is 0 Å². The summed E-state index contributed by atoms with van der Waals surface area (Å²) in [7, 11) is 0. The van der Waals surface area contributed by atoms with Crippen molar-refractivity contribution in [3.05, 3.63) is 34.9 Å². The third-order valence-electron chi connectivity index (χ3n) is 2.88. The monoisotopic (exact) mass is 225 g/mol. The van der Waals surface area contributed by atoms with Gasteiger partial charge >= 0.3 is 0 Å². The molecule has 0 saturated carbocycles. The molecule has 0 radical (unpaired) electrons. The Morgan fingerprint density at radius 2 is 2.20 bits per heavy atom. The van der Waals surface area contributed by atoms with Gasteiger partial charge in [-0.2, -0.15) is 0 Å². The number of hydrogen-bond acceptors (Lipinski definition) is 2. The Labute approximate surface area is 95.3 Å². The van der Waals surface area contributed by atoms with Crippen LogP contribution in [0.5, 0.6) is 0 Å². The van der Waals surface area contributed by atoms with Crippen LogP contribution >= 0.6 is 11.6 Å². The highest BCUT2D eigenvalue weighted by Crippen LogP contribution is 2.32. The van der Waals surface area contributed by atoms with E-state index in [2.05, 4.69) is 19.2 Å². The second-order valence-corrected chi connectivity index (χ2v) is 5.28. The first kappa shape index (κ1) is 10.9. The smallest absolute Gasteiger partial charge is 0.0944 e. The predicted octanol–water partition coefficient (Wildman–Crippen LogP) is 2.51. The molecule has 1 saturated heterocycles. The van der Waals surface area contributed by atoms with E-state index in [1.54, 1.807) is 0 Å². The molecule has 1 fully saturated rings. The third-order valence-corrected chi connectivity index (χ3v) is 3.11. The number of nitrogens with one attached hydrogen (secondary N) is 1. The highest BCUT2D eigenvalue weighted by Gasteiger charge is 2.39. The average Bonchev–Trinajstić information content (AvgIpc) is 2.13. The van der Waals surface area contributed by atoms with Gasteiger partial charge in [0.15, 0.2) is 0 Å². The van der Waals surface area contributed by atoms with E-state index in [0.29, 0.717) is 5.02 Å². The Bertz CT molecular complexity index is 356. The van der Waals surface area contributed by atoms with Crippen molar-refractivity contribution in [1.29, 1.82) is 0 Å². The second kappa shape index (κ2) is 3.78. The summed E-state index contributed by atoms with van der Waals surface area (Å²) in [6.07, 6.45) is 0.525. The van der Waals surface area contributed by atoms with E-state index in [9.17, 15) is 5.11 Å². The highest BCUT2D eigenvalue weighted by atomic mass is 35.5. The Kier molecular flexibility index (Phi) is 2.75. The number of hydrogen-bond donors (Lipinski definition) is 2. The molecular weight excluding hydrogens is 210 g/mol. The van der Waals surface area contributed by atoms with Gasteiger partial charge in [-0.3, -0.25) is 0 Å². The van der Waals surface area contributed by atoms with Gasteiger partial charge < -0.3 is 10.4 Å². The zero-order valence-corrected chi connectivity index (χ0v) is 9.75. The summed E-state index contributed by atoms with van der Waals surface area (Å²) >= 11 is 5.88. The first-order valence-electron chi connectivity index (χ1n) is 5.19. The van der Waals surface area contributed by atoms with Gasteiger partial charge in [0.2, 0.25) is 0 Å². The number of halogens is 1. The van der Waals surface area contributed by atoms with E-state index >= 15 is 0 Å². The van der Waals surface area contributed by atoms with E-state index < -0.39 is 6.10 Å². The molecule has 1 aliphatic heterocycles. The molecule has 2 nitrogen and oxygen atoms in total. The molecule has 82 valence electrons. The van der Waals surface area contributed by atoms with Crippen LogP contribution in [0, 0.1) is 0 Å². The quantitative estimate of drug-likeness (QED) is 0.811. The predicted molar refractivity (Wildman–Crippen MR) is 62.0 cm³/mol. The fraction of sp³-hybridized carbons (Fsp3) is 0.500. The molecule has 2 N–H and O–H groups in total. The van der Waals surface area contributed by atoms with Gasteiger partial charge in [-0.15, -0.1) is 0 Å². The van der Waals surface area contributed by atoms with Crippen LogP contribution in [0.1, 0.15) is 31.9 Å². The molecule has 1 unspecified atom stereocenters. The summed E-state index contributed by atoms with van der Waals surface area (Å²) in [5, 5.41) is 14.1. The zero-order chi connectivity index (χ0) is 11.1. The summed E-state index contributed by atoms with van der Waals surface area (Å²) in [5.74, 6) is 0. The molecule has 0 spiro atoms. The van der Waals surface area contributed by atoms with E-state index in [0.717, 1.165) is 12.0 Å². The van der Waals surface area contributed by atoms with Crippen molar-refractivity contribution in [1.82, 2.24) is 5.32 Å². The molecule has 1 aromatic rings. The summed E-state index contributed by atoms with van der Waals surface area (Å²) in [6.45, 7) is 4.27. The molecule has 1 aliphatic rings. The van der Waals surface area contributed by atoms with Crippen LogP contribution in [-0.4, -0.2) is 16.7 Å². The molecule has 15 heavy (non-hydrogen) atoms. The fourth-order valence-electron chi connectivity index (χ4n) is 2.14. The lowest BCUT2D eigenvalue weighted by atomic mass is 9.81. The van der Waals surface area contributed by atoms with E-state index in [1.165, 1.54) is 0 Å². The van der Waals surface area contributed by atoms with Gasteiger partial charge in [-0.05, 0) is 38.0 Å². The van der Waals surface area contributed by atoms with Crippen molar-refractivity contribution in [2.45, 2.75) is 38.0 Å². The minimum Gasteiger partial charge on any atom is -0.387 e. The SMILES string of the molecule is CC1(C)C[C@@H](C(O)c2cccc(Cl)c2)N1. The lowest BCUT2D eigenvalue weighted by Crippen LogP contribution is -2.61. The third kappa shape index (κ3) is 2.33. The molecular formula is C12H16ClNO. The number of benzene rings is 1. The number of rotatable bonds is 2. The molecule has 0 aliphatic carbocycles. The Balaban J connectivity index is 2.06. The molecule has 0 bridgehead atoms. The molecule has 1 aromatic carbocycles. The van der Waals surface area contributed by atoms with Crippen molar-refractivity contribution >= 4 is 11.6 Å². The first-order chi connectivity index (χ1) is 6.98. The van der Waals surface area contributed by atoms with Crippen LogP contribution in [-0.2, 0) is 0 Å². The molecule has 3 heteroatoms. The standard InChI is InChI=1S/C12H16ClNO/c1-12(2)7-10(14-12)11(15)8-4-3-5-9(13)6-8/h3-6,10-11,14-15H,7H2,1-2H3/t10-,11?/m0/s1. The van der Waals surface area contributed by atoms with Crippen LogP contribution in [0.15, 0.2) is 24.3 Å². The molecule has 2 atom stereocenters. The van der Waals surface area contributed by atoms with Gasteiger partial charge in [-0.1, -0.05) is 23.7 Å². The van der Waals surface area contributed by atoms with E-state index in [4.69, 9.17) is 11.6 Å². The largest absolute Gasteiger partial charge is 0.387 e. The van der Waals surface area contributed by atoms with Crippen molar-refractivity contribution in [3.63, 3.8) is 0 Å². The van der Waals surface area contributed by atoms with Gasteiger partial charge in [0.25, 0.3) is 0 Å². The Morgan fingerprint density at radius 3 is 2.73 bits per heavy atom. The van der Waals surface area contributed by atoms with Crippen LogP contribution < -0.4 is 5.32 Å². The molecule has 1 heterocycles. The van der Waals surface area contributed by atoms with Gasteiger partial charge in [-0.25, -0.2) is 0 Å². The first-order valence-corrected chi connectivity index (χ1v) is 5.57. The topological polar surface area (TPSA) is 32.3 Å². The molecule has 2 rings (SSSR count). The summed E-state index contributed by atoms with van der Waals surface area (Å²) < 4.78 is 0. The fourth-order valence-corrected chi connectivity index (χ4v) is 2.34. The van der Waals surface area contributed by atoms with Crippen LogP contribution in [0.2, 0.25) is 5.02 Å². The Morgan fingerprint density at radius 1 is 1.53 bits per heavy atom. The maximum absolute atomic E-state index is 10.1. The Hall–Kier alpha value is -0.570. The summed E-state index contributed by atoms with van der Waals surface area (Å²) in [6, 6.07) is 7.56. The summed E-state index contributed by atoms with van der Waals surface area (Å²) in [4.78, 5) is 0. The minimum atomic E-state index is -0.461. The molecule has 0 amide bonds. The van der Waals surface area contributed by atoms with Crippen LogP contribution in [0.3, 0.4) is 0 Å². The van der Waals surface area contributed by atoms with E-state index in [1.807, 2.05) is 24.3 Å². The maximum atomic E-state index is 10.1. The zero-order valence-electron chi connectivity index (χ0n) is 9.00.